The maximum Gasteiger partial charge on any atom is 0.160 e. The fourth-order valence-electron chi connectivity index (χ4n) is 21.1. The van der Waals surface area contributed by atoms with E-state index < -0.39 is 0 Å². The van der Waals surface area contributed by atoms with E-state index in [0.717, 1.165) is 106 Å². The number of hydrogen-bond acceptors (Lipinski definition) is 6. The normalized spacial score (nSPS) is 11.9. The number of nitrogens with zero attached hydrogens (tertiary/aromatic N) is 9. The van der Waals surface area contributed by atoms with E-state index in [2.05, 4.69) is 456 Å². The van der Waals surface area contributed by atoms with Crippen LogP contribution in [0.25, 0.3) is 271 Å². The van der Waals surface area contributed by atoms with Crippen LogP contribution in [0.15, 0.2) is 467 Å². The van der Waals surface area contributed by atoms with Gasteiger partial charge in [0.1, 0.15) is 0 Å². The number of para-hydroxylation sites is 8. The van der Waals surface area contributed by atoms with Crippen molar-refractivity contribution in [3.63, 3.8) is 0 Å². The molecule has 9 nitrogen and oxygen atoms in total. The van der Waals surface area contributed by atoms with Crippen molar-refractivity contribution >= 4 is 147 Å². The summed E-state index contributed by atoms with van der Waals surface area (Å²) in [6.07, 6.45) is 0. The fourth-order valence-corrected chi connectivity index (χ4v) is 21.1. The molecule has 29 rings (SSSR count). The van der Waals surface area contributed by atoms with Gasteiger partial charge in [0.25, 0.3) is 0 Å². The lowest BCUT2D eigenvalue weighted by Gasteiger charge is -2.11. The van der Waals surface area contributed by atoms with Crippen LogP contribution in [0.4, 0.5) is 0 Å². The van der Waals surface area contributed by atoms with Crippen LogP contribution >= 0.6 is 0 Å². The zero-order valence-electron chi connectivity index (χ0n) is 73.0. The van der Waals surface area contributed by atoms with Gasteiger partial charge in [-0.3, -0.25) is 0 Å². The van der Waals surface area contributed by atoms with Gasteiger partial charge in [-0.2, -0.15) is 0 Å². The van der Waals surface area contributed by atoms with Crippen LogP contribution in [0, 0.1) is 0 Å². The molecule has 29 aromatic rings. The monoisotopic (exact) mass is 1720 g/mol. The molecule has 0 aliphatic carbocycles. The van der Waals surface area contributed by atoms with Crippen molar-refractivity contribution in [1.29, 1.82) is 0 Å². The molecule has 626 valence electrons. The summed E-state index contributed by atoms with van der Waals surface area (Å²) >= 11 is 0. The van der Waals surface area contributed by atoms with E-state index in [1.165, 1.54) is 164 Å². The van der Waals surface area contributed by atoms with Crippen molar-refractivity contribution in [2.45, 2.75) is 0 Å². The highest BCUT2D eigenvalue weighted by Crippen LogP contribution is 2.48. The Labute approximate surface area is 775 Å². The van der Waals surface area contributed by atoms with Crippen molar-refractivity contribution < 1.29 is 0 Å². The number of rotatable bonds is 11. The molecule has 0 aliphatic rings. The van der Waals surface area contributed by atoms with Crippen molar-refractivity contribution in [1.82, 2.24) is 43.1 Å². The summed E-state index contributed by atoms with van der Waals surface area (Å²) in [4.78, 5) is 31.0. The number of fused-ring (bicyclic) bond motifs is 21. The van der Waals surface area contributed by atoms with E-state index in [1.54, 1.807) is 0 Å². The van der Waals surface area contributed by atoms with Gasteiger partial charge >= 0.3 is 0 Å². The minimum Gasteiger partial charge on any atom is -0.308 e. The van der Waals surface area contributed by atoms with E-state index in [4.69, 9.17) is 29.9 Å². The summed E-state index contributed by atoms with van der Waals surface area (Å²) in [7, 11) is 0. The van der Waals surface area contributed by atoms with Gasteiger partial charge in [-0.15, -0.1) is 0 Å². The number of aromatic nitrogens is 9. The second kappa shape index (κ2) is 31.3. The molecule has 0 aliphatic heterocycles. The lowest BCUT2D eigenvalue weighted by atomic mass is 9.97. The molecular formula is C126H77N9. The first kappa shape index (κ1) is 76.8. The third-order valence-corrected chi connectivity index (χ3v) is 27.4. The van der Waals surface area contributed by atoms with Gasteiger partial charge in [0.15, 0.2) is 17.5 Å². The molecule has 0 saturated carbocycles. The maximum atomic E-state index is 5.29. The standard InChI is InChI=1S/2C44H27N3.C38H23N3/c1-2-11-28(12-3-1)29-21-23-30(24-22-29)42-36-17-4-7-18-39(36)45-44(46-42)32-14-10-13-31(25-32)33-26-37-34-15-5-8-19-40(34)47-41-20-9-6-16-35(41)38(27-33)43(37)47;1-2-10-28(11-3-1)29-18-20-30(21-19-29)31-22-24-32(25-23-31)42-36-14-4-7-15-39(36)45-44(46-42)33-26-37-34-12-5-8-16-40(34)47-41-17-9-6-13-35(41)38(27-33)43(37)47;1-3-11-24(12-4-1)26-19-20-35-30(21-26)32-23-27(22-31-28-15-8-10-18-34(28)41(35)37(31)32)38-39-33-17-9-7-16-29(33)36(40-38)25-13-5-2-6-14-25/h2*1-27H;1-23H. The van der Waals surface area contributed by atoms with Gasteiger partial charge < -0.3 is 13.2 Å². The topological polar surface area (TPSA) is 90.6 Å². The molecule has 0 atom stereocenters. The Hall–Kier alpha value is -18.2. The van der Waals surface area contributed by atoms with Crippen LogP contribution in [-0.2, 0) is 0 Å². The minimum atomic E-state index is 0.722. The molecule has 9 heterocycles. The van der Waals surface area contributed by atoms with Crippen molar-refractivity contribution in [3.8, 4) is 124 Å². The average molecular weight is 1720 g/mol. The largest absolute Gasteiger partial charge is 0.308 e. The summed E-state index contributed by atoms with van der Waals surface area (Å²) < 4.78 is 7.25. The summed E-state index contributed by atoms with van der Waals surface area (Å²) in [5.74, 6) is 2.20. The average Bonchev–Trinajstić information content (AvgIpc) is 1.53. The Balaban J connectivity index is 0.000000103. The molecule has 9 aromatic heterocycles. The molecule has 135 heavy (non-hydrogen) atoms. The molecule has 20 aromatic carbocycles. The molecule has 0 bridgehead atoms. The molecule has 0 spiro atoms. The highest BCUT2D eigenvalue weighted by atomic mass is 14.9. The molecule has 0 fully saturated rings. The van der Waals surface area contributed by atoms with Crippen molar-refractivity contribution in [2.75, 3.05) is 0 Å². The molecule has 0 saturated heterocycles. The fraction of sp³-hybridized carbons (Fsp3) is 0. The molecule has 0 unspecified atom stereocenters. The number of benzene rings is 20. The summed E-state index contributed by atoms with van der Waals surface area (Å²) in [5.41, 5.74) is 35.1. The number of hydrogen-bond donors (Lipinski definition) is 0. The van der Waals surface area contributed by atoms with Gasteiger partial charge in [0.2, 0.25) is 0 Å². The minimum absolute atomic E-state index is 0.722. The maximum absolute atomic E-state index is 5.29. The van der Waals surface area contributed by atoms with Crippen LogP contribution in [0.1, 0.15) is 0 Å². The molecule has 0 radical (unpaired) electrons. The first-order valence-electron chi connectivity index (χ1n) is 45.9. The Bertz CT molecular complexity index is 9550. The van der Waals surface area contributed by atoms with Crippen molar-refractivity contribution in [3.05, 3.63) is 467 Å². The van der Waals surface area contributed by atoms with Gasteiger partial charge in [0.05, 0.1) is 83.3 Å². The van der Waals surface area contributed by atoms with E-state index >= 15 is 0 Å². The van der Waals surface area contributed by atoms with Gasteiger partial charge in [-0.1, -0.05) is 364 Å². The van der Waals surface area contributed by atoms with E-state index in [-0.39, 0.29) is 0 Å². The zero-order chi connectivity index (χ0) is 88.7. The second-order valence-corrected chi connectivity index (χ2v) is 35.1. The van der Waals surface area contributed by atoms with Crippen LogP contribution < -0.4 is 0 Å². The lowest BCUT2D eigenvalue weighted by molar-refractivity contribution is 1.23. The van der Waals surface area contributed by atoms with Crippen LogP contribution in [0.2, 0.25) is 0 Å². The quantitative estimate of drug-likeness (QED) is 0.128. The summed E-state index contributed by atoms with van der Waals surface area (Å²) in [6.45, 7) is 0. The predicted octanol–water partition coefficient (Wildman–Crippen LogP) is 32.7. The summed E-state index contributed by atoms with van der Waals surface area (Å²) in [5, 5.41) is 18.1. The van der Waals surface area contributed by atoms with Crippen molar-refractivity contribution in [2.24, 2.45) is 0 Å². The molecule has 0 amide bonds. The highest BCUT2D eigenvalue weighted by molar-refractivity contribution is 6.28. The second-order valence-electron chi connectivity index (χ2n) is 35.1. The van der Waals surface area contributed by atoms with E-state index in [9.17, 15) is 0 Å². The van der Waals surface area contributed by atoms with Crippen LogP contribution in [0.5, 0.6) is 0 Å². The third-order valence-electron chi connectivity index (χ3n) is 27.4. The van der Waals surface area contributed by atoms with Crippen LogP contribution in [0.3, 0.4) is 0 Å². The highest BCUT2D eigenvalue weighted by Gasteiger charge is 2.26. The Morgan fingerprint density at radius 2 is 0.333 bits per heavy atom. The van der Waals surface area contributed by atoms with Crippen LogP contribution in [-0.4, -0.2) is 43.1 Å². The Morgan fingerprint density at radius 3 is 0.681 bits per heavy atom. The lowest BCUT2D eigenvalue weighted by Crippen LogP contribution is -1.95. The van der Waals surface area contributed by atoms with Gasteiger partial charge in [-0.05, 0) is 159 Å². The Morgan fingerprint density at radius 1 is 0.119 bits per heavy atom. The zero-order valence-corrected chi connectivity index (χ0v) is 73.0. The van der Waals surface area contributed by atoms with Gasteiger partial charge in [-0.25, -0.2) is 29.9 Å². The molecular weight excluding hydrogens is 1640 g/mol. The molecule has 0 N–H and O–H groups in total. The first-order valence-corrected chi connectivity index (χ1v) is 45.9. The molecule has 9 heteroatoms. The third kappa shape index (κ3) is 12.8. The summed E-state index contributed by atoms with van der Waals surface area (Å²) in [6, 6.07) is 166. The van der Waals surface area contributed by atoms with Gasteiger partial charge in [0, 0.05) is 114 Å². The SMILES string of the molecule is c1ccc(-c2ccc(-c3ccc(-c4nc(-c5cc6c7ccccc7n7c8ccccc8c(c5)c67)nc5ccccc45)cc3)cc2)cc1.c1ccc(-c2ccc(-c3nc(-c4cccc(-c5cc6c7ccccc7n7c8ccccc8c(c5)c67)c4)nc4ccccc34)cc2)cc1.c1ccc(-c2ccc3c(c2)c2cc(-c4nc(-c5ccccc5)c5ccccc5n4)cc4c5ccccc5n3c42)cc1. The smallest absolute Gasteiger partial charge is 0.160 e. The predicted molar refractivity (Wildman–Crippen MR) is 562 cm³/mol. The first-order chi connectivity index (χ1) is 66.9. The van der Waals surface area contributed by atoms with E-state index in [1.807, 2.05) is 24.3 Å². The van der Waals surface area contributed by atoms with E-state index in [0.29, 0.717) is 0 Å². The Kier molecular flexibility index (Phi) is 17.8.